The second kappa shape index (κ2) is 6.76. The molecule has 3 N–H and O–H groups in total. The predicted molar refractivity (Wildman–Crippen MR) is 79.6 cm³/mol. The first-order valence-electron chi connectivity index (χ1n) is 6.61. The number of nitrogens with one attached hydrogen (secondary N) is 1. The molecule has 2 aromatic rings. The molecule has 0 saturated heterocycles. The molecule has 0 aliphatic carbocycles. The number of carbonyl (C=O) groups is 1. The van der Waals surface area contributed by atoms with Gasteiger partial charge < -0.3 is 20.3 Å². The second-order valence-electron chi connectivity index (χ2n) is 4.41. The van der Waals surface area contributed by atoms with Gasteiger partial charge in [0.25, 0.3) is 5.91 Å². The fourth-order valence-corrected chi connectivity index (χ4v) is 1.89. The molecule has 110 valence electrons. The van der Waals surface area contributed by atoms with Gasteiger partial charge in [-0.05, 0) is 49.4 Å². The van der Waals surface area contributed by atoms with Crippen molar-refractivity contribution in [3.63, 3.8) is 0 Å². The predicted octanol–water partition coefficient (Wildman–Crippen LogP) is 2.54. The Bertz CT molecular complexity index is 623. The van der Waals surface area contributed by atoms with Gasteiger partial charge in [-0.15, -0.1) is 0 Å². The molecule has 21 heavy (non-hydrogen) atoms. The van der Waals surface area contributed by atoms with E-state index in [0.29, 0.717) is 29.2 Å². The standard InChI is InChI=1S/C16H17NO4/c1-2-21-15-8-5-13(9-12(15)10-18)17-16(20)11-3-6-14(19)7-4-11/h3-9,18-19H,2,10H2,1H3,(H,17,20). The number of aliphatic hydroxyl groups is 1. The molecule has 0 heterocycles. The van der Waals surface area contributed by atoms with E-state index in [1.165, 1.54) is 24.3 Å². The van der Waals surface area contributed by atoms with Crippen LogP contribution in [-0.2, 0) is 6.61 Å². The van der Waals surface area contributed by atoms with E-state index in [0.717, 1.165) is 0 Å². The summed E-state index contributed by atoms with van der Waals surface area (Å²) in [5.41, 5.74) is 1.62. The number of hydrogen-bond acceptors (Lipinski definition) is 4. The van der Waals surface area contributed by atoms with Crippen molar-refractivity contribution in [1.82, 2.24) is 0 Å². The fraction of sp³-hybridized carbons (Fsp3) is 0.188. The number of amides is 1. The molecule has 1 amide bonds. The molecular formula is C16H17NO4. The average molecular weight is 287 g/mol. The summed E-state index contributed by atoms with van der Waals surface area (Å²) in [5, 5.41) is 21.3. The molecule has 0 unspecified atom stereocenters. The highest BCUT2D eigenvalue weighted by Gasteiger charge is 2.09. The number of rotatable bonds is 5. The molecule has 5 heteroatoms. The lowest BCUT2D eigenvalue weighted by molar-refractivity contribution is 0.102. The number of carbonyl (C=O) groups excluding carboxylic acids is 1. The van der Waals surface area contributed by atoms with Gasteiger partial charge in [0.1, 0.15) is 11.5 Å². The van der Waals surface area contributed by atoms with Crippen molar-refractivity contribution in [2.75, 3.05) is 11.9 Å². The van der Waals surface area contributed by atoms with Gasteiger partial charge in [-0.25, -0.2) is 0 Å². The van der Waals surface area contributed by atoms with E-state index in [2.05, 4.69) is 5.32 Å². The lowest BCUT2D eigenvalue weighted by Crippen LogP contribution is -2.12. The Morgan fingerprint density at radius 1 is 1.19 bits per heavy atom. The third-order valence-electron chi connectivity index (χ3n) is 2.92. The van der Waals surface area contributed by atoms with Crippen LogP contribution in [0.3, 0.4) is 0 Å². The molecule has 5 nitrogen and oxygen atoms in total. The Balaban J connectivity index is 2.15. The Morgan fingerprint density at radius 3 is 2.52 bits per heavy atom. The van der Waals surface area contributed by atoms with E-state index in [-0.39, 0.29) is 18.3 Å². The van der Waals surface area contributed by atoms with Crippen LogP contribution in [0.1, 0.15) is 22.8 Å². The normalized spacial score (nSPS) is 10.2. The topological polar surface area (TPSA) is 78.8 Å². The maximum Gasteiger partial charge on any atom is 0.255 e. The largest absolute Gasteiger partial charge is 0.508 e. The van der Waals surface area contributed by atoms with Crippen molar-refractivity contribution in [3.05, 3.63) is 53.6 Å². The van der Waals surface area contributed by atoms with Gasteiger partial charge in [-0.3, -0.25) is 4.79 Å². The first kappa shape index (κ1) is 14.9. The van der Waals surface area contributed by atoms with Crippen LogP contribution < -0.4 is 10.1 Å². The molecular weight excluding hydrogens is 270 g/mol. The maximum atomic E-state index is 12.0. The SMILES string of the molecule is CCOc1ccc(NC(=O)c2ccc(O)cc2)cc1CO. The highest BCUT2D eigenvalue weighted by atomic mass is 16.5. The van der Waals surface area contributed by atoms with E-state index in [1.807, 2.05) is 6.92 Å². The van der Waals surface area contributed by atoms with E-state index >= 15 is 0 Å². The van der Waals surface area contributed by atoms with Crippen molar-refractivity contribution >= 4 is 11.6 Å². The first-order chi connectivity index (χ1) is 10.1. The Morgan fingerprint density at radius 2 is 1.90 bits per heavy atom. The zero-order valence-electron chi connectivity index (χ0n) is 11.7. The van der Waals surface area contributed by atoms with Crippen molar-refractivity contribution in [3.8, 4) is 11.5 Å². The van der Waals surface area contributed by atoms with Crippen molar-refractivity contribution in [2.45, 2.75) is 13.5 Å². The third kappa shape index (κ3) is 3.73. The number of phenols is 1. The van der Waals surface area contributed by atoms with Gasteiger partial charge >= 0.3 is 0 Å². The quantitative estimate of drug-likeness (QED) is 0.789. The smallest absolute Gasteiger partial charge is 0.255 e. The van der Waals surface area contributed by atoms with Crippen LogP contribution in [0.25, 0.3) is 0 Å². The average Bonchev–Trinajstić information content (AvgIpc) is 2.49. The summed E-state index contributed by atoms with van der Waals surface area (Å²) in [6, 6.07) is 11.1. The zero-order chi connectivity index (χ0) is 15.2. The number of anilines is 1. The summed E-state index contributed by atoms with van der Waals surface area (Å²) in [4.78, 5) is 12.0. The van der Waals surface area contributed by atoms with Gasteiger partial charge in [0.05, 0.1) is 13.2 Å². The molecule has 0 saturated carbocycles. The van der Waals surface area contributed by atoms with Crippen LogP contribution in [0.4, 0.5) is 5.69 Å². The minimum Gasteiger partial charge on any atom is -0.508 e. The molecule has 0 fully saturated rings. The number of aromatic hydroxyl groups is 1. The summed E-state index contributed by atoms with van der Waals surface area (Å²) in [5.74, 6) is 0.417. The van der Waals surface area contributed by atoms with Crippen LogP contribution in [0.2, 0.25) is 0 Å². The summed E-state index contributed by atoms with van der Waals surface area (Å²) in [6.07, 6.45) is 0. The van der Waals surface area contributed by atoms with Crippen LogP contribution >= 0.6 is 0 Å². The lowest BCUT2D eigenvalue weighted by Gasteiger charge is -2.11. The van der Waals surface area contributed by atoms with Crippen molar-refractivity contribution in [1.29, 1.82) is 0 Å². The van der Waals surface area contributed by atoms with Gasteiger partial charge in [-0.1, -0.05) is 0 Å². The number of hydrogen-bond donors (Lipinski definition) is 3. The Labute approximate surface area is 122 Å². The van der Waals surface area contributed by atoms with E-state index in [1.54, 1.807) is 18.2 Å². The van der Waals surface area contributed by atoms with Gasteiger partial charge in [0.2, 0.25) is 0 Å². The fourth-order valence-electron chi connectivity index (χ4n) is 1.89. The minimum absolute atomic E-state index is 0.107. The maximum absolute atomic E-state index is 12.0. The molecule has 0 radical (unpaired) electrons. The molecule has 0 aliphatic rings. The molecule has 0 spiro atoms. The first-order valence-corrected chi connectivity index (χ1v) is 6.61. The van der Waals surface area contributed by atoms with Crippen molar-refractivity contribution < 1.29 is 19.7 Å². The number of benzene rings is 2. The molecule has 0 aromatic heterocycles. The number of aliphatic hydroxyl groups excluding tert-OH is 1. The van der Waals surface area contributed by atoms with Crippen LogP contribution in [0.5, 0.6) is 11.5 Å². The van der Waals surface area contributed by atoms with E-state index < -0.39 is 0 Å². The summed E-state index contributed by atoms with van der Waals surface area (Å²) in [7, 11) is 0. The lowest BCUT2D eigenvalue weighted by atomic mass is 10.1. The molecule has 2 aromatic carbocycles. The summed E-state index contributed by atoms with van der Waals surface area (Å²) < 4.78 is 5.39. The van der Waals surface area contributed by atoms with Crippen LogP contribution in [0, 0.1) is 0 Å². The highest BCUT2D eigenvalue weighted by molar-refractivity contribution is 6.04. The van der Waals surface area contributed by atoms with Gasteiger partial charge in [0, 0.05) is 16.8 Å². The summed E-state index contributed by atoms with van der Waals surface area (Å²) >= 11 is 0. The minimum atomic E-state index is -0.289. The number of ether oxygens (including phenoxy) is 1. The molecule has 0 bridgehead atoms. The highest BCUT2D eigenvalue weighted by Crippen LogP contribution is 2.23. The molecule has 0 atom stereocenters. The third-order valence-corrected chi connectivity index (χ3v) is 2.92. The monoisotopic (exact) mass is 287 g/mol. The van der Waals surface area contributed by atoms with Crippen molar-refractivity contribution in [2.24, 2.45) is 0 Å². The van der Waals surface area contributed by atoms with E-state index in [9.17, 15) is 15.0 Å². The van der Waals surface area contributed by atoms with E-state index in [4.69, 9.17) is 4.74 Å². The number of phenolic OH excluding ortho intramolecular Hbond substituents is 1. The zero-order valence-corrected chi connectivity index (χ0v) is 11.7. The van der Waals surface area contributed by atoms with Crippen LogP contribution in [-0.4, -0.2) is 22.7 Å². The molecule has 2 rings (SSSR count). The van der Waals surface area contributed by atoms with Gasteiger partial charge in [-0.2, -0.15) is 0 Å². The Kier molecular flexibility index (Phi) is 4.79. The Hall–Kier alpha value is -2.53. The summed E-state index contributed by atoms with van der Waals surface area (Å²) in [6.45, 7) is 2.20. The van der Waals surface area contributed by atoms with Crippen LogP contribution in [0.15, 0.2) is 42.5 Å². The molecule has 0 aliphatic heterocycles. The second-order valence-corrected chi connectivity index (χ2v) is 4.41. The van der Waals surface area contributed by atoms with Gasteiger partial charge in [0.15, 0.2) is 0 Å².